The largest absolute Gasteiger partial charge is 0.314 e. The second-order valence-corrected chi connectivity index (χ2v) is 17.2. The monoisotopic (exact) mass is 798 g/mol. The van der Waals surface area contributed by atoms with Gasteiger partial charge in [-0.25, -0.2) is 0 Å². The van der Waals surface area contributed by atoms with Gasteiger partial charge in [0.2, 0.25) is 0 Å². The van der Waals surface area contributed by atoms with E-state index in [0.717, 1.165) is 22.7 Å². The molecule has 0 atom stereocenters. The highest BCUT2D eigenvalue weighted by molar-refractivity contribution is 6.00. The molecule has 0 spiro atoms. The Labute approximate surface area is 363 Å². The van der Waals surface area contributed by atoms with Crippen LogP contribution in [0.25, 0.3) is 43.1 Å². The van der Waals surface area contributed by atoms with Gasteiger partial charge in [0, 0.05) is 22.7 Å². The van der Waals surface area contributed by atoms with Gasteiger partial charge in [-0.05, 0) is 166 Å². The Bertz CT molecular complexity index is 2970. The lowest BCUT2D eigenvalue weighted by Crippen LogP contribution is -2.58. The molecule has 2 aliphatic heterocycles. The smallest absolute Gasteiger partial charge is 0.151 e. The van der Waals surface area contributed by atoms with Crippen LogP contribution in [-0.4, -0.2) is 12.3 Å². The summed E-state index contributed by atoms with van der Waals surface area (Å²) in [5.41, 5.74) is 14.4. The zero-order valence-corrected chi connectivity index (χ0v) is 35.4. The fourth-order valence-electron chi connectivity index (χ4n) is 10.5. The highest BCUT2D eigenvalue weighted by Crippen LogP contribution is 2.56. The van der Waals surface area contributed by atoms with Crippen molar-refractivity contribution in [2.24, 2.45) is 0 Å². The predicted octanol–water partition coefficient (Wildman–Crippen LogP) is 15.5. The van der Waals surface area contributed by atoms with Crippen molar-refractivity contribution in [1.82, 2.24) is 0 Å². The molecule has 0 amide bonds. The summed E-state index contributed by atoms with van der Waals surface area (Å²) >= 11 is 0. The van der Waals surface area contributed by atoms with E-state index in [0.29, 0.717) is 0 Å². The van der Waals surface area contributed by atoms with E-state index in [4.69, 9.17) is 0 Å². The summed E-state index contributed by atoms with van der Waals surface area (Å²) in [5, 5.41) is 10.0. The van der Waals surface area contributed by atoms with E-state index in [1.807, 2.05) is 0 Å². The summed E-state index contributed by atoms with van der Waals surface area (Å²) in [6.07, 6.45) is -0.522. The fourth-order valence-corrected chi connectivity index (χ4v) is 10.5. The Morgan fingerprint density at radius 3 is 0.742 bits per heavy atom. The molecule has 2 aliphatic rings. The van der Waals surface area contributed by atoms with Gasteiger partial charge >= 0.3 is 0 Å². The molecule has 0 aliphatic carbocycles. The summed E-state index contributed by atoms with van der Waals surface area (Å²) in [6, 6.07) is 72.7. The Morgan fingerprint density at radius 2 is 0.500 bits per heavy atom. The van der Waals surface area contributed by atoms with Crippen LogP contribution in [0, 0.1) is 27.7 Å². The lowest BCUT2D eigenvalue weighted by atomic mass is 10.0. The van der Waals surface area contributed by atoms with Crippen molar-refractivity contribution in [3.63, 3.8) is 0 Å². The summed E-state index contributed by atoms with van der Waals surface area (Å²) in [6.45, 7) is 8.91. The second kappa shape index (κ2) is 14.0. The number of aryl methyl sites for hydroxylation is 4. The first-order valence-corrected chi connectivity index (χ1v) is 21.7. The van der Waals surface area contributed by atoms with Gasteiger partial charge in [-0.15, -0.1) is 0 Å². The maximum absolute atomic E-state index is 2.62. The van der Waals surface area contributed by atoms with Crippen LogP contribution < -0.4 is 19.6 Å². The molecule has 62 heavy (non-hydrogen) atoms. The first-order valence-electron chi connectivity index (χ1n) is 21.7. The molecule has 0 fully saturated rings. The molecule has 12 rings (SSSR count). The molecule has 0 saturated carbocycles. The molecule has 0 bridgehead atoms. The number of anilines is 8. The van der Waals surface area contributed by atoms with Crippen LogP contribution in [0.15, 0.2) is 194 Å². The van der Waals surface area contributed by atoms with Gasteiger partial charge in [-0.3, -0.25) is 0 Å². The van der Waals surface area contributed by atoms with Crippen LogP contribution in [0.2, 0.25) is 0 Å². The summed E-state index contributed by atoms with van der Waals surface area (Å²) in [5.74, 6) is 0. The number of hydrogen-bond donors (Lipinski definition) is 0. The van der Waals surface area contributed by atoms with Crippen LogP contribution in [0.1, 0.15) is 22.3 Å². The third-order valence-electron chi connectivity index (χ3n) is 13.6. The fraction of sp³-hybridized carbons (Fsp3) is 0.103. The Morgan fingerprint density at radius 1 is 0.258 bits per heavy atom. The van der Waals surface area contributed by atoms with Crippen LogP contribution >= 0.6 is 0 Å². The van der Waals surface area contributed by atoms with E-state index in [-0.39, 0.29) is 12.3 Å². The van der Waals surface area contributed by atoms with Crippen molar-refractivity contribution < 1.29 is 0 Å². The van der Waals surface area contributed by atoms with E-state index < -0.39 is 0 Å². The minimum absolute atomic E-state index is 0.261. The first kappa shape index (κ1) is 36.3. The number of benzene rings is 10. The van der Waals surface area contributed by atoms with Crippen LogP contribution in [0.4, 0.5) is 45.5 Å². The predicted molar refractivity (Wildman–Crippen MR) is 264 cm³/mol. The third-order valence-corrected chi connectivity index (χ3v) is 13.6. The van der Waals surface area contributed by atoms with E-state index in [9.17, 15) is 0 Å². The Hall–Kier alpha value is -7.56. The van der Waals surface area contributed by atoms with Crippen LogP contribution in [0.5, 0.6) is 0 Å². The van der Waals surface area contributed by atoms with Gasteiger partial charge in [-0.1, -0.05) is 121 Å². The van der Waals surface area contributed by atoms with Gasteiger partial charge in [-0.2, -0.15) is 0 Å². The molecular weight excluding hydrogens is 753 g/mol. The van der Waals surface area contributed by atoms with Crippen molar-refractivity contribution in [2.45, 2.75) is 40.0 Å². The second-order valence-electron chi connectivity index (χ2n) is 17.2. The molecule has 0 saturated heterocycles. The van der Waals surface area contributed by atoms with Crippen molar-refractivity contribution in [2.75, 3.05) is 19.6 Å². The van der Waals surface area contributed by atoms with Gasteiger partial charge in [0.1, 0.15) is 0 Å². The summed E-state index contributed by atoms with van der Waals surface area (Å²) < 4.78 is 0. The normalized spacial score (nSPS) is 14.2. The lowest BCUT2D eigenvalue weighted by Gasteiger charge is -2.45. The topological polar surface area (TPSA) is 13.0 Å². The van der Waals surface area contributed by atoms with Crippen LogP contribution in [-0.2, 0) is 0 Å². The maximum atomic E-state index is 2.62. The lowest BCUT2D eigenvalue weighted by molar-refractivity contribution is 0.550. The maximum Gasteiger partial charge on any atom is 0.151 e. The summed E-state index contributed by atoms with van der Waals surface area (Å²) in [4.78, 5) is 10.5. The van der Waals surface area contributed by atoms with Crippen molar-refractivity contribution in [3.8, 4) is 0 Å². The first-order chi connectivity index (χ1) is 30.4. The van der Waals surface area contributed by atoms with E-state index in [1.165, 1.54) is 88.1 Å². The third kappa shape index (κ3) is 5.53. The molecule has 4 nitrogen and oxygen atoms in total. The summed E-state index contributed by atoms with van der Waals surface area (Å²) in [7, 11) is 0. The molecule has 10 aromatic carbocycles. The van der Waals surface area contributed by atoms with E-state index in [1.54, 1.807) is 0 Å². The quantitative estimate of drug-likeness (QED) is 0.172. The van der Waals surface area contributed by atoms with Crippen molar-refractivity contribution >= 4 is 88.6 Å². The zero-order valence-electron chi connectivity index (χ0n) is 35.4. The number of fused-ring (bicyclic) bond motifs is 6. The number of rotatable bonds is 5. The Kier molecular flexibility index (Phi) is 8.20. The van der Waals surface area contributed by atoms with Gasteiger partial charge in [0.15, 0.2) is 12.3 Å². The average molecular weight is 799 g/mol. The highest BCUT2D eigenvalue weighted by atomic mass is 15.5. The molecule has 0 N–H and O–H groups in total. The molecule has 4 heteroatoms. The van der Waals surface area contributed by atoms with Crippen molar-refractivity contribution in [1.29, 1.82) is 0 Å². The minimum atomic E-state index is -0.261. The number of hydrogen-bond acceptors (Lipinski definition) is 4. The van der Waals surface area contributed by atoms with Crippen molar-refractivity contribution in [3.05, 3.63) is 216 Å². The van der Waals surface area contributed by atoms with Crippen LogP contribution in [0.3, 0.4) is 0 Å². The molecular formula is C58H46N4. The van der Waals surface area contributed by atoms with Gasteiger partial charge < -0.3 is 19.6 Å². The van der Waals surface area contributed by atoms with E-state index in [2.05, 4.69) is 241 Å². The minimum Gasteiger partial charge on any atom is -0.314 e. The molecule has 0 radical (unpaired) electrons. The number of para-hydroxylation sites is 4. The molecule has 0 aromatic heterocycles. The van der Waals surface area contributed by atoms with Gasteiger partial charge in [0.05, 0.1) is 22.7 Å². The molecule has 2 heterocycles. The number of nitrogens with zero attached hydrogens (tertiary/aromatic N) is 4. The van der Waals surface area contributed by atoms with E-state index >= 15 is 0 Å². The Balaban J connectivity index is 1.19. The molecule has 0 unspecified atom stereocenters. The SMILES string of the molecule is Cc1cccc2ccc(N3c4ccccc4N(c4ccc5cccc(C)c5c4)C3C3N(c4ccc5cccc(C)c5c4)c4ccccc4N3c3ccc4cccc(C)c4c3)cc12. The molecule has 10 aromatic rings. The average Bonchev–Trinajstić information content (AvgIpc) is 3.83. The molecule has 298 valence electrons. The standard InChI is InChI=1S/C58H46N4/c1-37-13-9-17-41-25-29-45(33-49(37)41)59-53-21-5-6-22-54(53)60(46-30-26-42-18-10-14-38(2)50(42)34-46)57(59)58-61(47-31-27-43-19-11-15-39(3)51(43)35-47)55-23-7-8-24-56(55)62(58)48-32-28-44-20-12-16-40(4)52(44)36-48/h5-36,57-58H,1-4H3. The zero-order chi connectivity index (χ0) is 41.6. The van der Waals surface area contributed by atoms with Gasteiger partial charge in [0.25, 0.3) is 0 Å². The highest BCUT2D eigenvalue weighted by Gasteiger charge is 2.51.